The van der Waals surface area contributed by atoms with Gasteiger partial charge in [-0.3, -0.25) is 9.78 Å². The van der Waals surface area contributed by atoms with Crippen molar-refractivity contribution in [3.8, 4) is 11.3 Å². The summed E-state index contributed by atoms with van der Waals surface area (Å²) >= 11 is 13.4. The van der Waals surface area contributed by atoms with Crippen molar-refractivity contribution in [3.05, 3.63) is 75.4 Å². The maximum atomic E-state index is 11.9. The summed E-state index contributed by atoms with van der Waals surface area (Å²) in [6, 6.07) is 13.3. The second-order valence-electron chi connectivity index (χ2n) is 8.62. The molecule has 0 saturated heterocycles. The lowest BCUT2D eigenvalue weighted by molar-refractivity contribution is -0.119. The fourth-order valence-corrected chi connectivity index (χ4v) is 5.18. The molecule has 5 rings (SSSR count). The third kappa shape index (κ3) is 3.87. The molecule has 1 aliphatic rings. The van der Waals surface area contributed by atoms with Crippen molar-refractivity contribution in [3.63, 3.8) is 0 Å². The summed E-state index contributed by atoms with van der Waals surface area (Å²) in [4.78, 5) is 16.4. The van der Waals surface area contributed by atoms with Gasteiger partial charge in [-0.05, 0) is 55.9 Å². The van der Waals surface area contributed by atoms with Crippen LogP contribution in [0.3, 0.4) is 0 Å². The third-order valence-electron chi connectivity index (χ3n) is 6.45. The van der Waals surface area contributed by atoms with E-state index in [-0.39, 0.29) is 11.9 Å². The molecular formula is C25H23Cl2N5O. The molecule has 1 fully saturated rings. The highest BCUT2D eigenvalue weighted by atomic mass is 35.5. The smallest absolute Gasteiger partial charge is 0.224 e. The molecule has 2 atom stereocenters. The van der Waals surface area contributed by atoms with Gasteiger partial charge in [0, 0.05) is 16.1 Å². The summed E-state index contributed by atoms with van der Waals surface area (Å²) in [5, 5.41) is 10.0. The van der Waals surface area contributed by atoms with Crippen molar-refractivity contribution in [2.24, 2.45) is 5.73 Å². The molecule has 2 N–H and O–H groups in total. The van der Waals surface area contributed by atoms with Crippen molar-refractivity contribution >= 4 is 40.1 Å². The Morgan fingerprint density at radius 2 is 1.91 bits per heavy atom. The van der Waals surface area contributed by atoms with Crippen LogP contribution in [0.2, 0.25) is 10.0 Å². The molecule has 4 aromatic rings. The Kier molecular flexibility index (Phi) is 5.59. The summed E-state index contributed by atoms with van der Waals surface area (Å²) in [7, 11) is 0. The fourth-order valence-electron chi connectivity index (χ4n) is 4.34. The van der Waals surface area contributed by atoms with E-state index in [0.29, 0.717) is 27.2 Å². The van der Waals surface area contributed by atoms with Gasteiger partial charge in [0.1, 0.15) is 5.52 Å². The Bertz CT molecular complexity index is 1380. The average molecular weight is 480 g/mol. The lowest BCUT2D eigenvalue weighted by Crippen LogP contribution is -2.19. The van der Waals surface area contributed by atoms with Crippen molar-refractivity contribution in [2.75, 3.05) is 0 Å². The Morgan fingerprint density at radius 1 is 1.15 bits per heavy atom. The first-order valence-electron chi connectivity index (χ1n) is 10.9. The Hall–Kier alpha value is -2.96. The predicted molar refractivity (Wildman–Crippen MR) is 131 cm³/mol. The second kappa shape index (κ2) is 8.43. The minimum atomic E-state index is -0.441. The number of halogens is 2. The van der Waals surface area contributed by atoms with Gasteiger partial charge in [0.2, 0.25) is 5.91 Å². The number of rotatable bonds is 6. The fraction of sp³-hybridized carbons (Fsp3) is 0.280. The number of primary amides is 1. The first kappa shape index (κ1) is 21.9. The monoisotopic (exact) mass is 479 g/mol. The van der Waals surface area contributed by atoms with Crippen LogP contribution in [0, 0.1) is 0 Å². The number of nitrogens with two attached hydrogens (primary N) is 1. The van der Waals surface area contributed by atoms with Gasteiger partial charge >= 0.3 is 0 Å². The summed E-state index contributed by atoms with van der Waals surface area (Å²) in [5.41, 5.74) is 11.4. The molecule has 0 radical (unpaired) electrons. The number of carbonyl (C=O) groups excluding carboxylic acids is 1. The number of hydrogen-bond donors (Lipinski definition) is 1. The number of carbonyl (C=O) groups is 1. The van der Waals surface area contributed by atoms with Crippen molar-refractivity contribution in [1.29, 1.82) is 0 Å². The molecule has 168 valence electrons. The number of benzene rings is 2. The summed E-state index contributed by atoms with van der Waals surface area (Å²) in [6.45, 7) is 3.81. The molecule has 2 heterocycles. The first-order chi connectivity index (χ1) is 15.9. The molecule has 1 aliphatic carbocycles. The number of amides is 1. The van der Waals surface area contributed by atoms with Crippen LogP contribution >= 0.6 is 23.2 Å². The van der Waals surface area contributed by atoms with Crippen LogP contribution < -0.4 is 5.73 Å². The SMILES string of the molecule is CC(C(N)=O)c1ccccc1-c1cc2c(cn1)nnn2[C@H](C)c1c(Cl)ccc(C2CC2)c1Cl. The molecule has 0 bridgehead atoms. The van der Waals surface area contributed by atoms with E-state index in [9.17, 15) is 4.79 Å². The van der Waals surface area contributed by atoms with E-state index in [0.717, 1.165) is 40.6 Å². The van der Waals surface area contributed by atoms with E-state index >= 15 is 0 Å². The van der Waals surface area contributed by atoms with E-state index in [1.165, 1.54) is 0 Å². The average Bonchev–Trinajstić information content (AvgIpc) is 3.56. The van der Waals surface area contributed by atoms with Gasteiger partial charge in [0.05, 0.1) is 34.4 Å². The molecular weight excluding hydrogens is 457 g/mol. The summed E-state index contributed by atoms with van der Waals surface area (Å²) in [5.74, 6) is -0.320. The van der Waals surface area contributed by atoms with Gasteiger partial charge in [0.15, 0.2) is 0 Å². The van der Waals surface area contributed by atoms with Gasteiger partial charge < -0.3 is 5.73 Å². The predicted octanol–water partition coefficient (Wildman–Crippen LogP) is 5.88. The van der Waals surface area contributed by atoms with Crippen LogP contribution in [0.5, 0.6) is 0 Å². The van der Waals surface area contributed by atoms with Crippen LogP contribution in [0.1, 0.15) is 61.3 Å². The number of fused-ring (bicyclic) bond motifs is 1. The Labute approximate surface area is 201 Å². The number of nitrogens with zero attached hydrogens (tertiary/aromatic N) is 4. The van der Waals surface area contributed by atoms with Crippen molar-refractivity contribution < 1.29 is 4.79 Å². The Morgan fingerprint density at radius 3 is 2.64 bits per heavy atom. The molecule has 0 spiro atoms. The number of pyridine rings is 1. The van der Waals surface area contributed by atoms with Gasteiger partial charge in [-0.2, -0.15) is 0 Å². The van der Waals surface area contributed by atoms with Crippen molar-refractivity contribution in [2.45, 2.75) is 44.6 Å². The maximum absolute atomic E-state index is 11.9. The number of aromatic nitrogens is 4. The third-order valence-corrected chi connectivity index (χ3v) is 7.20. The molecule has 1 unspecified atom stereocenters. The van der Waals surface area contributed by atoms with Crippen LogP contribution in [0.15, 0.2) is 48.7 Å². The van der Waals surface area contributed by atoms with Crippen molar-refractivity contribution in [1.82, 2.24) is 20.0 Å². The lowest BCUT2D eigenvalue weighted by atomic mass is 9.93. The quantitative estimate of drug-likeness (QED) is 0.374. The lowest BCUT2D eigenvalue weighted by Gasteiger charge is -2.19. The van der Waals surface area contributed by atoms with E-state index in [1.807, 2.05) is 54.1 Å². The van der Waals surface area contributed by atoms with Crippen LogP contribution in [0.25, 0.3) is 22.3 Å². The second-order valence-corrected chi connectivity index (χ2v) is 9.40. The zero-order valence-electron chi connectivity index (χ0n) is 18.3. The molecule has 2 aromatic carbocycles. The maximum Gasteiger partial charge on any atom is 0.224 e. The van der Waals surface area contributed by atoms with Gasteiger partial charge in [-0.15, -0.1) is 5.10 Å². The normalized spacial score (nSPS) is 15.5. The van der Waals surface area contributed by atoms with Gasteiger partial charge in [0.25, 0.3) is 0 Å². The minimum absolute atomic E-state index is 0.233. The zero-order valence-corrected chi connectivity index (χ0v) is 19.8. The van der Waals surface area contributed by atoms with E-state index < -0.39 is 5.92 Å². The van der Waals surface area contributed by atoms with E-state index in [2.05, 4.69) is 15.3 Å². The summed E-state index contributed by atoms with van der Waals surface area (Å²) in [6.07, 6.45) is 4.00. The molecule has 8 heteroatoms. The molecule has 33 heavy (non-hydrogen) atoms. The molecule has 1 saturated carbocycles. The van der Waals surface area contributed by atoms with Crippen LogP contribution in [-0.4, -0.2) is 25.9 Å². The summed E-state index contributed by atoms with van der Waals surface area (Å²) < 4.78 is 1.82. The topological polar surface area (TPSA) is 86.7 Å². The zero-order chi connectivity index (χ0) is 23.3. The molecule has 0 aliphatic heterocycles. The Balaban J connectivity index is 1.62. The van der Waals surface area contributed by atoms with Gasteiger partial charge in [-0.25, -0.2) is 4.68 Å². The highest BCUT2D eigenvalue weighted by molar-refractivity contribution is 6.36. The largest absolute Gasteiger partial charge is 0.369 e. The molecule has 1 amide bonds. The van der Waals surface area contributed by atoms with Gasteiger partial charge in [-0.1, -0.05) is 58.7 Å². The van der Waals surface area contributed by atoms with Crippen LogP contribution in [-0.2, 0) is 4.79 Å². The highest BCUT2D eigenvalue weighted by Crippen LogP contribution is 2.47. The number of hydrogen-bond acceptors (Lipinski definition) is 4. The molecule has 2 aromatic heterocycles. The van der Waals surface area contributed by atoms with E-state index in [1.54, 1.807) is 13.1 Å². The van der Waals surface area contributed by atoms with E-state index in [4.69, 9.17) is 28.9 Å². The molecule has 6 nitrogen and oxygen atoms in total. The standard InChI is InChI=1S/C25H23Cl2N5O/c1-13(25(28)33)16-5-3-4-6-18(16)20-11-22-21(12-29-20)30-31-32(22)14(2)23-19(26)10-9-17(24(23)27)15-7-8-15/h3-6,9-15H,7-8H2,1-2H3,(H2,28,33)/t13?,14-/m1/s1. The van der Waals surface area contributed by atoms with Crippen LogP contribution in [0.4, 0.5) is 0 Å². The highest BCUT2D eigenvalue weighted by Gasteiger charge is 2.29. The first-order valence-corrected chi connectivity index (χ1v) is 11.7. The minimum Gasteiger partial charge on any atom is -0.369 e.